The van der Waals surface area contributed by atoms with Crippen LogP contribution in [0.15, 0.2) is 24.3 Å². The molecule has 1 aliphatic heterocycles. The Bertz CT molecular complexity index is 466. The van der Waals surface area contributed by atoms with Gasteiger partial charge in [0.05, 0.1) is 0 Å². The fraction of sp³-hybridized carbons (Fsp3) is 0.588. The predicted octanol–water partition coefficient (Wildman–Crippen LogP) is 2.88. The maximum atomic E-state index is 12.5. The minimum Gasteiger partial charge on any atom is -0.481 e. The molecule has 1 heterocycles. The molecule has 0 bridgehead atoms. The first kappa shape index (κ1) is 15.8. The van der Waals surface area contributed by atoms with Crippen LogP contribution in [-0.4, -0.2) is 30.0 Å². The van der Waals surface area contributed by atoms with Crippen molar-refractivity contribution in [2.24, 2.45) is 5.73 Å². The van der Waals surface area contributed by atoms with E-state index in [9.17, 15) is 4.79 Å². The van der Waals surface area contributed by atoms with Gasteiger partial charge >= 0.3 is 0 Å². The zero-order valence-corrected chi connectivity index (χ0v) is 13.0. The maximum Gasteiger partial charge on any atom is 0.263 e. The number of carbonyl (C=O) groups is 1. The van der Waals surface area contributed by atoms with Gasteiger partial charge in [0.2, 0.25) is 0 Å². The molecular formula is C17H26N2O2. The van der Waals surface area contributed by atoms with E-state index in [1.54, 1.807) is 0 Å². The van der Waals surface area contributed by atoms with Crippen molar-refractivity contribution in [3.05, 3.63) is 29.8 Å². The highest BCUT2D eigenvalue weighted by Gasteiger charge is 2.22. The summed E-state index contributed by atoms with van der Waals surface area (Å²) >= 11 is 0. The molecule has 1 saturated heterocycles. The molecule has 1 aliphatic rings. The van der Waals surface area contributed by atoms with E-state index in [1.807, 2.05) is 43.0 Å². The summed E-state index contributed by atoms with van der Waals surface area (Å²) in [6.45, 7) is 5.47. The highest BCUT2D eigenvalue weighted by molar-refractivity contribution is 5.80. The Balaban J connectivity index is 1.98. The van der Waals surface area contributed by atoms with Gasteiger partial charge < -0.3 is 15.4 Å². The summed E-state index contributed by atoms with van der Waals surface area (Å²) in [5.74, 6) is 0.795. The highest BCUT2D eigenvalue weighted by Crippen LogP contribution is 2.20. The molecule has 0 aliphatic carbocycles. The zero-order valence-electron chi connectivity index (χ0n) is 13.0. The van der Waals surface area contributed by atoms with Gasteiger partial charge in [-0.1, -0.05) is 25.0 Å². The lowest BCUT2D eigenvalue weighted by Crippen LogP contribution is -2.41. The van der Waals surface area contributed by atoms with Crippen molar-refractivity contribution in [1.82, 2.24) is 4.90 Å². The van der Waals surface area contributed by atoms with Gasteiger partial charge in [-0.25, -0.2) is 0 Å². The van der Waals surface area contributed by atoms with Gasteiger partial charge in [0, 0.05) is 19.1 Å². The zero-order chi connectivity index (χ0) is 15.2. The normalized spacial score (nSPS) is 18.7. The van der Waals surface area contributed by atoms with Gasteiger partial charge in [-0.05, 0) is 44.4 Å². The van der Waals surface area contributed by atoms with Crippen LogP contribution in [0, 0.1) is 0 Å². The smallest absolute Gasteiger partial charge is 0.263 e. The quantitative estimate of drug-likeness (QED) is 0.927. The van der Waals surface area contributed by atoms with Crippen LogP contribution in [0.25, 0.3) is 0 Å². The second-order valence-corrected chi connectivity index (χ2v) is 5.86. The molecule has 1 unspecified atom stereocenters. The molecule has 4 heteroatoms. The number of rotatable bonds is 4. The van der Waals surface area contributed by atoms with Crippen molar-refractivity contribution >= 4 is 5.91 Å². The van der Waals surface area contributed by atoms with Crippen molar-refractivity contribution in [2.45, 2.75) is 51.7 Å². The third-order valence-corrected chi connectivity index (χ3v) is 3.96. The van der Waals surface area contributed by atoms with Crippen LogP contribution in [-0.2, 0) is 4.79 Å². The molecule has 1 aromatic rings. The molecule has 116 valence electrons. The standard InChI is InChI=1S/C17H26N2O2/c1-13(18)15-8-7-9-16(12-15)21-14(2)17(20)19-10-5-3-4-6-11-19/h7-9,12-14H,3-6,10-11,18H2,1-2H3/t13-,14?/m1/s1. The van der Waals surface area contributed by atoms with E-state index < -0.39 is 6.10 Å². The molecule has 0 aromatic heterocycles. The molecule has 1 aromatic carbocycles. The van der Waals surface area contributed by atoms with Crippen LogP contribution in [0.4, 0.5) is 0 Å². The Morgan fingerprint density at radius 1 is 1.19 bits per heavy atom. The molecule has 1 amide bonds. The average molecular weight is 290 g/mol. The molecule has 4 nitrogen and oxygen atoms in total. The Morgan fingerprint density at radius 3 is 2.48 bits per heavy atom. The van der Waals surface area contributed by atoms with E-state index >= 15 is 0 Å². The maximum absolute atomic E-state index is 12.5. The fourth-order valence-corrected chi connectivity index (χ4v) is 2.67. The predicted molar refractivity (Wildman–Crippen MR) is 84.2 cm³/mol. The van der Waals surface area contributed by atoms with E-state index in [0.29, 0.717) is 5.75 Å². The largest absolute Gasteiger partial charge is 0.481 e. The van der Waals surface area contributed by atoms with Crippen molar-refractivity contribution in [1.29, 1.82) is 0 Å². The van der Waals surface area contributed by atoms with Crippen molar-refractivity contribution in [3.63, 3.8) is 0 Å². The summed E-state index contributed by atoms with van der Waals surface area (Å²) in [5, 5.41) is 0. The number of nitrogens with two attached hydrogens (primary N) is 1. The molecule has 2 rings (SSSR count). The van der Waals surface area contributed by atoms with Crippen LogP contribution < -0.4 is 10.5 Å². The molecule has 0 spiro atoms. The molecule has 0 radical (unpaired) electrons. The minimum atomic E-state index is -0.452. The summed E-state index contributed by atoms with van der Waals surface area (Å²) in [7, 11) is 0. The van der Waals surface area contributed by atoms with Crippen molar-refractivity contribution in [2.75, 3.05) is 13.1 Å². The first-order chi connectivity index (χ1) is 10.1. The van der Waals surface area contributed by atoms with Crippen LogP contribution in [0.3, 0.4) is 0 Å². The lowest BCUT2D eigenvalue weighted by molar-refractivity contribution is -0.137. The number of benzene rings is 1. The molecular weight excluding hydrogens is 264 g/mol. The van der Waals surface area contributed by atoms with E-state index in [1.165, 1.54) is 12.8 Å². The molecule has 0 saturated carbocycles. The Hall–Kier alpha value is -1.55. The lowest BCUT2D eigenvalue weighted by atomic mass is 10.1. The van der Waals surface area contributed by atoms with Gasteiger partial charge in [0.15, 0.2) is 6.10 Å². The topological polar surface area (TPSA) is 55.6 Å². The third kappa shape index (κ3) is 4.46. The first-order valence-electron chi connectivity index (χ1n) is 7.89. The minimum absolute atomic E-state index is 0.0369. The van der Waals surface area contributed by atoms with Gasteiger partial charge in [-0.2, -0.15) is 0 Å². The van der Waals surface area contributed by atoms with Crippen molar-refractivity contribution in [3.8, 4) is 5.75 Å². The third-order valence-electron chi connectivity index (χ3n) is 3.96. The highest BCUT2D eigenvalue weighted by atomic mass is 16.5. The summed E-state index contributed by atoms with van der Waals surface area (Å²) in [6.07, 6.45) is 4.17. The number of hydrogen-bond acceptors (Lipinski definition) is 3. The lowest BCUT2D eigenvalue weighted by Gasteiger charge is -2.24. The summed E-state index contributed by atoms with van der Waals surface area (Å²) < 4.78 is 5.81. The molecule has 2 N–H and O–H groups in total. The second-order valence-electron chi connectivity index (χ2n) is 5.86. The fourth-order valence-electron chi connectivity index (χ4n) is 2.67. The second kappa shape index (κ2) is 7.46. The number of hydrogen-bond donors (Lipinski definition) is 1. The van der Waals surface area contributed by atoms with Gasteiger partial charge in [0.25, 0.3) is 5.91 Å². The SMILES string of the molecule is CC(Oc1cccc([C@@H](C)N)c1)C(=O)N1CCCCCC1. The summed E-state index contributed by atoms with van der Waals surface area (Å²) in [5.41, 5.74) is 6.89. The Kier molecular flexibility index (Phi) is 5.62. The van der Waals surface area contributed by atoms with E-state index in [4.69, 9.17) is 10.5 Å². The van der Waals surface area contributed by atoms with E-state index in [-0.39, 0.29) is 11.9 Å². The Morgan fingerprint density at radius 2 is 1.86 bits per heavy atom. The van der Waals surface area contributed by atoms with Crippen LogP contribution in [0.5, 0.6) is 5.75 Å². The number of ether oxygens (including phenoxy) is 1. The van der Waals surface area contributed by atoms with Gasteiger partial charge in [-0.15, -0.1) is 0 Å². The van der Waals surface area contributed by atoms with Crippen LogP contribution in [0.2, 0.25) is 0 Å². The number of amides is 1. The molecule has 21 heavy (non-hydrogen) atoms. The molecule has 1 fully saturated rings. The van der Waals surface area contributed by atoms with Gasteiger partial charge in [-0.3, -0.25) is 4.79 Å². The Labute approximate surface area is 127 Å². The van der Waals surface area contributed by atoms with Crippen LogP contribution >= 0.6 is 0 Å². The number of carbonyl (C=O) groups excluding carboxylic acids is 1. The van der Waals surface area contributed by atoms with Gasteiger partial charge in [0.1, 0.15) is 5.75 Å². The van der Waals surface area contributed by atoms with Crippen molar-refractivity contribution < 1.29 is 9.53 Å². The van der Waals surface area contributed by atoms with E-state index in [2.05, 4.69) is 0 Å². The summed E-state index contributed by atoms with van der Waals surface area (Å²) in [6, 6.07) is 7.63. The monoisotopic (exact) mass is 290 g/mol. The molecule has 2 atom stereocenters. The average Bonchev–Trinajstić information content (AvgIpc) is 2.75. The van der Waals surface area contributed by atoms with E-state index in [0.717, 1.165) is 31.5 Å². The first-order valence-corrected chi connectivity index (χ1v) is 7.89. The number of likely N-dealkylation sites (tertiary alicyclic amines) is 1. The van der Waals surface area contributed by atoms with Crippen LogP contribution in [0.1, 0.15) is 51.1 Å². The summed E-state index contributed by atoms with van der Waals surface area (Å²) in [4.78, 5) is 14.4. The number of nitrogens with zero attached hydrogens (tertiary/aromatic N) is 1.